The van der Waals surface area contributed by atoms with Crippen molar-refractivity contribution in [3.8, 4) is 0 Å². The fourth-order valence-electron chi connectivity index (χ4n) is 2.93. The van der Waals surface area contributed by atoms with Gasteiger partial charge in [0, 0.05) is 22.4 Å². The van der Waals surface area contributed by atoms with Crippen LogP contribution in [-0.4, -0.2) is 15.9 Å². The van der Waals surface area contributed by atoms with E-state index in [9.17, 15) is 4.79 Å². The minimum Gasteiger partial charge on any atom is -0.279 e. The number of hydrogen-bond donors (Lipinski definition) is 0. The van der Waals surface area contributed by atoms with Crippen molar-refractivity contribution in [3.63, 3.8) is 0 Å². The summed E-state index contributed by atoms with van der Waals surface area (Å²) in [6.07, 6.45) is 3.51. The number of aromatic nitrogens is 2. The minimum atomic E-state index is -0.0647. The molecule has 0 saturated carbocycles. The Labute approximate surface area is 176 Å². The molecule has 4 rings (SSSR count). The summed E-state index contributed by atoms with van der Waals surface area (Å²) in [6.45, 7) is 4.48. The van der Waals surface area contributed by atoms with Crippen molar-refractivity contribution in [2.24, 2.45) is 0 Å². The van der Waals surface area contributed by atoms with Gasteiger partial charge in [-0.2, -0.15) is 0 Å². The van der Waals surface area contributed by atoms with Crippen molar-refractivity contribution in [2.45, 2.75) is 20.4 Å². The number of amides is 1. The van der Waals surface area contributed by atoms with E-state index in [-0.39, 0.29) is 5.91 Å². The Morgan fingerprint density at radius 2 is 1.96 bits per heavy atom. The zero-order valence-electron chi connectivity index (χ0n) is 15.5. The van der Waals surface area contributed by atoms with Crippen LogP contribution in [0.5, 0.6) is 0 Å². The Morgan fingerprint density at radius 1 is 1.11 bits per heavy atom. The van der Waals surface area contributed by atoms with Gasteiger partial charge in [0.25, 0.3) is 5.91 Å². The van der Waals surface area contributed by atoms with E-state index in [0.717, 1.165) is 25.8 Å². The summed E-state index contributed by atoms with van der Waals surface area (Å²) in [6, 6.07) is 15.6. The summed E-state index contributed by atoms with van der Waals surface area (Å²) in [5.41, 5.74) is 4.76. The number of thiazole rings is 1. The molecule has 6 heteroatoms. The van der Waals surface area contributed by atoms with Gasteiger partial charge in [-0.25, -0.2) is 4.98 Å². The first-order valence-electron chi connectivity index (χ1n) is 8.85. The Balaban J connectivity index is 1.78. The number of fused-ring (bicyclic) bond motifs is 1. The van der Waals surface area contributed by atoms with Gasteiger partial charge in [0.2, 0.25) is 0 Å². The van der Waals surface area contributed by atoms with E-state index < -0.39 is 0 Å². The number of hydrogen-bond acceptors (Lipinski definition) is 4. The molecule has 0 spiro atoms. The van der Waals surface area contributed by atoms with Crippen LogP contribution in [0.4, 0.5) is 5.13 Å². The quantitative estimate of drug-likeness (QED) is 0.386. The lowest BCUT2D eigenvalue weighted by molar-refractivity contribution is 0.0985. The lowest BCUT2D eigenvalue weighted by Crippen LogP contribution is -2.30. The number of benzene rings is 2. The standard InChI is InChI=1S/C22H18BrN3OS/c1-14-5-6-17(10-15(14)2)21(27)26(13-16-4-3-9-24-12-16)22-25-19-8-7-18(23)11-20(19)28-22/h3-12H,13H2,1-2H3. The predicted octanol–water partition coefficient (Wildman–Crippen LogP) is 5.92. The molecule has 1 amide bonds. The van der Waals surface area contributed by atoms with Gasteiger partial charge in [0.05, 0.1) is 16.8 Å². The van der Waals surface area contributed by atoms with Crippen molar-refractivity contribution in [1.29, 1.82) is 0 Å². The minimum absolute atomic E-state index is 0.0647. The van der Waals surface area contributed by atoms with E-state index in [0.29, 0.717) is 17.2 Å². The summed E-state index contributed by atoms with van der Waals surface area (Å²) in [5.74, 6) is -0.0647. The number of carbonyl (C=O) groups excluding carboxylic acids is 1. The van der Waals surface area contributed by atoms with E-state index in [1.165, 1.54) is 16.9 Å². The second kappa shape index (κ2) is 7.81. The molecule has 0 bridgehead atoms. The number of rotatable bonds is 4. The topological polar surface area (TPSA) is 46.1 Å². The van der Waals surface area contributed by atoms with Gasteiger partial charge in [0.15, 0.2) is 5.13 Å². The average Bonchev–Trinajstić information content (AvgIpc) is 3.11. The SMILES string of the molecule is Cc1ccc(C(=O)N(Cc2cccnc2)c2nc3ccc(Br)cc3s2)cc1C. The largest absolute Gasteiger partial charge is 0.279 e. The molecule has 28 heavy (non-hydrogen) atoms. The highest BCUT2D eigenvalue weighted by Gasteiger charge is 2.22. The van der Waals surface area contributed by atoms with Crippen molar-refractivity contribution in [2.75, 3.05) is 4.90 Å². The number of anilines is 1. The van der Waals surface area contributed by atoms with Crippen LogP contribution in [0.15, 0.2) is 65.4 Å². The Bertz CT molecular complexity index is 1160. The third-order valence-electron chi connectivity index (χ3n) is 4.63. The van der Waals surface area contributed by atoms with Crippen molar-refractivity contribution in [1.82, 2.24) is 9.97 Å². The van der Waals surface area contributed by atoms with Crippen LogP contribution in [0.2, 0.25) is 0 Å². The first-order valence-corrected chi connectivity index (χ1v) is 10.5. The van der Waals surface area contributed by atoms with Crippen molar-refractivity contribution < 1.29 is 4.79 Å². The second-order valence-corrected chi connectivity index (χ2v) is 8.58. The molecule has 0 aliphatic rings. The van der Waals surface area contributed by atoms with Gasteiger partial charge in [0.1, 0.15) is 0 Å². The molecule has 0 radical (unpaired) electrons. The van der Waals surface area contributed by atoms with E-state index in [4.69, 9.17) is 4.98 Å². The number of halogens is 1. The molecule has 4 aromatic rings. The van der Waals surface area contributed by atoms with Gasteiger partial charge >= 0.3 is 0 Å². The second-order valence-electron chi connectivity index (χ2n) is 6.66. The molecule has 2 aromatic heterocycles. The zero-order valence-corrected chi connectivity index (χ0v) is 17.9. The number of aryl methyl sites for hydroxylation is 2. The van der Waals surface area contributed by atoms with Crippen LogP contribution in [0, 0.1) is 13.8 Å². The van der Waals surface area contributed by atoms with Crippen molar-refractivity contribution in [3.05, 3.63) is 87.7 Å². The number of pyridine rings is 1. The number of nitrogens with zero attached hydrogens (tertiary/aromatic N) is 3. The molecule has 4 nitrogen and oxygen atoms in total. The van der Waals surface area contributed by atoms with E-state index >= 15 is 0 Å². The molecule has 0 fully saturated rings. The van der Waals surface area contributed by atoms with Crippen LogP contribution in [0.25, 0.3) is 10.2 Å². The van der Waals surface area contributed by atoms with E-state index in [1.54, 1.807) is 17.3 Å². The Hall–Kier alpha value is -2.57. The van der Waals surface area contributed by atoms with Gasteiger partial charge in [-0.15, -0.1) is 0 Å². The molecule has 2 aromatic carbocycles. The summed E-state index contributed by atoms with van der Waals surface area (Å²) >= 11 is 5.02. The van der Waals surface area contributed by atoms with Crippen LogP contribution in [0.3, 0.4) is 0 Å². The Morgan fingerprint density at radius 3 is 2.71 bits per heavy atom. The zero-order chi connectivity index (χ0) is 19.7. The molecular weight excluding hydrogens is 434 g/mol. The molecule has 0 aliphatic carbocycles. The van der Waals surface area contributed by atoms with Crippen LogP contribution in [0.1, 0.15) is 27.0 Å². The first-order chi connectivity index (χ1) is 13.5. The average molecular weight is 452 g/mol. The van der Waals surface area contributed by atoms with Crippen molar-refractivity contribution >= 4 is 48.5 Å². The lowest BCUT2D eigenvalue weighted by atomic mass is 10.1. The normalized spacial score (nSPS) is 11.0. The highest BCUT2D eigenvalue weighted by Crippen LogP contribution is 2.32. The maximum atomic E-state index is 13.4. The summed E-state index contributed by atoms with van der Waals surface area (Å²) in [7, 11) is 0. The van der Waals surface area contributed by atoms with Crippen LogP contribution >= 0.6 is 27.3 Å². The molecular formula is C22H18BrN3OS. The predicted molar refractivity (Wildman–Crippen MR) is 118 cm³/mol. The fourth-order valence-corrected chi connectivity index (χ4v) is 4.45. The van der Waals surface area contributed by atoms with E-state index in [2.05, 4.69) is 20.9 Å². The fraction of sp³-hybridized carbons (Fsp3) is 0.136. The van der Waals surface area contributed by atoms with Gasteiger partial charge < -0.3 is 0 Å². The third kappa shape index (κ3) is 3.84. The molecule has 0 unspecified atom stereocenters. The molecule has 0 N–H and O–H groups in total. The number of carbonyl (C=O) groups is 1. The third-order valence-corrected chi connectivity index (χ3v) is 6.17. The first kappa shape index (κ1) is 18.8. The smallest absolute Gasteiger partial charge is 0.260 e. The highest BCUT2D eigenvalue weighted by molar-refractivity contribution is 9.10. The monoisotopic (exact) mass is 451 g/mol. The van der Waals surface area contributed by atoms with Gasteiger partial charge in [-0.05, 0) is 66.9 Å². The summed E-state index contributed by atoms with van der Waals surface area (Å²) in [5, 5.41) is 0.681. The van der Waals surface area contributed by atoms with Gasteiger partial charge in [-0.1, -0.05) is 39.4 Å². The maximum absolute atomic E-state index is 13.4. The van der Waals surface area contributed by atoms with Crippen LogP contribution < -0.4 is 4.90 Å². The molecule has 0 aliphatic heterocycles. The summed E-state index contributed by atoms with van der Waals surface area (Å²) in [4.78, 5) is 24.1. The molecule has 0 atom stereocenters. The lowest BCUT2D eigenvalue weighted by Gasteiger charge is -2.20. The van der Waals surface area contributed by atoms with Gasteiger partial charge in [-0.3, -0.25) is 14.7 Å². The van der Waals surface area contributed by atoms with Crippen LogP contribution in [-0.2, 0) is 6.54 Å². The molecule has 2 heterocycles. The molecule has 0 saturated heterocycles. The van der Waals surface area contributed by atoms with E-state index in [1.807, 2.05) is 62.4 Å². The highest BCUT2D eigenvalue weighted by atomic mass is 79.9. The molecule has 140 valence electrons. The maximum Gasteiger partial charge on any atom is 0.260 e. The Kier molecular flexibility index (Phi) is 5.24. The summed E-state index contributed by atoms with van der Waals surface area (Å²) < 4.78 is 2.03.